The molecule has 37 heavy (non-hydrogen) atoms. The highest BCUT2D eigenvalue weighted by atomic mass is 32.2. The third-order valence-electron chi connectivity index (χ3n) is 6.66. The van der Waals surface area contributed by atoms with E-state index >= 15 is 0 Å². The Morgan fingerprint density at radius 2 is 2.14 bits per heavy atom. The summed E-state index contributed by atoms with van der Waals surface area (Å²) in [5, 5.41) is 16.3. The molecule has 7 heteroatoms. The number of nitrogens with zero attached hydrogens (tertiary/aromatic N) is 2. The van der Waals surface area contributed by atoms with Crippen LogP contribution >= 0.6 is 11.8 Å². The van der Waals surface area contributed by atoms with Gasteiger partial charge in [-0.25, -0.2) is 4.98 Å². The number of pyridine rings is 1. The second-order valence-electron chi connectivity index (χ2n) is 9.81. The minimum Gasteiger partial charge on any atom is -0.456 e. The van der Waals surface area contributed by atoms with Gasteiger partial charge in [-0.15, -0.1) is 0 Å². The molecule has 6 nitrogen and oxygen atoms in total. The van der Waals surface area contributed by atoms with Crippen LogP contribution < -0.4 is 15.4 Å². The Bertz CT molecular complexity index is 1290. The van der Waals surface area contributed by atoms with Gasteiger partial charge in [0.05, 0.1) is 10.4 Å². The van der Waals surface area contributed by atoms with Crippen LogP contribution in [-0.2, 0) is 6.42 Å². The lowest BCUT2D eigenvalue weighted by Crippen LogP contribution is -2.27. The van der Waals surface area contributed by atoms with E-state index in [1.807, 2.05) is 30.3 Å². The number of H-pyrrole nitrogens is 1. The molecule has 3 aromatic rings. The number of rotatable bonds is 6. The van der Waals surface area contributed by atoms with Crippen LogP contribution in [0.3, 0.4) is 0 Å². The molecule has 0 aliphatic carbocycles. The molecule has 196 valence electrons. The van der Waals surface area contributed by atoms with Gasteiger partial charge in [-0.1, -0.05) is 50.4 Å². The van der Waals surface area contributed by atoms with Crippen LogP contribution in [0.5, 0.6) is 11.5 Å². The first-order valence-corrected chi connectivity index (χ1v) is 14.1. The van der Waals surface area contributed by atoms with E-state index in [-0.39, 0.29) is 0 Å². The molecule has 0 amide bonds. The lowest BCUT2D eigenvalue weighted by atomic mass is 10.0. The Labute approximate surface area is 225 Å². The fraction of sp³-hybridized carbons (Fsp3) is 0.400. The molecule has 1 unspecified atom stereocenters. The number of allylic oxidation sites excluding steroid dienone is 3. The summed E-state index contributed by atoms with van der Waals surface area (Å²) < 4.78 is 6.24. The van der Waals surface area contributed by atoms with E-state index in [2.05, 4.69) is 66.2 Å². The van der Waals surface area contributed by atoms with Crippen molar-refractivity contribution in [1.29, 1.82) is 0 Å². The van der Waals surface area contributed by atoms with Crippen molar-refractivity contribution in [2.45, 2.75) is 59.8 Å². The number of benzene rings is 1. The van der Waals surface area contributed by atoms with Crippen molar-refractivity contribution in [3.63, 3.8) is 0 Å². The van der Waals surface area contributed by atoms with Crippen molar-refractivity contribution >= 4 is 28.5 Å². The average Bonchev–Trinajstić information content (AvgIpc) is 3.26. The summed E-state index contributed by atoms with van der Waals surface area (Å²) in [5.74, 6) is 2.43. The largest absolute Gasteiger partial charge is 0.456 e. The van der Waals surface area contributed by atoms with E-state index in [1.165, 1.54) is 41.4 Å². The molecule has 0 bridgehead atoms. The third kappa shape index (κ3) is 7.27. The number of fused-ring (bicyclic) bond motifs is 1. The molecule has 3 N–H and O–H groups in total. The highest BCUT2D eigenvalue weighted by Gasteiger charge is 2.14. The molecule has 1 aromatic carbocycles. The summed E-state index contributed by atoms with van der Waals surface area (Å²) in [4.78, 5) is 5.64. The van der Waals surface area contributed by atoms with Gasteiger partial charge in [-0.3, -0.25) is 5.10 Å². The van der Waals surface area contributed by atoms with Gasteiger partial charge in [0.25, 0.3) is 0 Å². The van der Waals surface area contributed by atoms with Crippen LogP contribution in [0.1, 0.15) is 64.6 Å². The van der Waals surface area contributed by atoms with E-state index < -0.39 is 0 Å². The van der Waals surface area contributed by atoms with E-state index in [1.54, 1.807) is 18.0 Å². The number of aromatic amines is 1. The molecule has 2 aromatic heterocycles. The number of aryl methyl sites for hydroxylation is 1. The Morgan fingerprint density at radius 3 is 2.86 bits per heavy atom. The highest BCUT2D eigenvalue weighted by Crippen LogP contribution is 2.34. The standard InChI is InChI=1S/C24H26N4OS.C6H13N/c1-5-20-22-21(12-13-25-23(22)28-27-20)29-19-11-7-10-18(14-19)17(4)26-24-15(2)8-6-9-16(3)30-24;1-6-3-2-4-7-5-6/h7,9-14,26H,4-6,8H2,1-3H3,(H,25,27,28);6-7H,2-5H2,1H3. The predicted molar refractivity (Wildman–Crippen MR) is 157 cm³/mol. The molecule has 5 rings (SSSR count). The van der Waals surface area contributed by atoms with Gasteiger partial charge in [0.1, 0.15) is 11.5 Å². The summed E-state index contributed by atoms with van der Waals surface area (Å²) in [6.45, 7) is 15.5. The molecular formula is C30H39N5OS. The fourth-order valence-corrected chi connectivity index (χ4v) is 5.43. The van der Waals surface area contributed by atoms with E-state index in [4.69, 9.17) is 4.74 Å². The second kappa shape index (κ2) is 13.0. The smallest absolute Gasteiger partial charge is 0.184 e. The first kappa shape index (κ1) is 27.0. The molecule has 1 atom stereocenters. The Hall–Kier alpha value is -3.03. The molecular weight excluding hydrogens is 478 g/mol. The van der Waals surface area contributed by atoms with Crippen LogP contribution in [0.4, 0.5) is 0 Å². The summed E-state index contributed by atoms with van der Waals surface area (Å²) in [7, 11) is 0. The number of piperidine rings is 1. The number of hydrogen-bond donors (Lipinski definition) is 3. The van der Waals surface area contributed by atoms with Crippen LogP contribution in [-0.4, -0.2) is 28.3 Å². The molecule has 1 saturated heterocycles. The summed E-state index contributed by atoms with van der Waals surface area (Å²) >= 11 is 1.77. The maximum atomic E-state index is 6.24. The van der Waals surface area contributed by atoms with Gasteiger partial charge in [0.15, 0.2) is 5.65 Å². The molecule has 0 spiro atoms. The van der Waals surface area contributed by atoms with Crippen LogP contribution in [0.25, 0.3) is 16.7 Å². The van der Waals surface area contributed by atoms with Crippen LogP contribution in [0, 0.1) is 5.92 Å². The van der Waals surface area contributed by atoms with E-state index in [9.17, 15) is 0 Å². The molecule has 0 radical (unpaired) electrons. The SMILES string of the molecule is C=C(NC1=C(C)CCC=C(C)S1)c1cccc(Oc2ccnc3n[nH]c(CC)c23)c1.CC1CCCNC1. The van der Waals surface area contributed by atoms with Gasteiger partial charge in [-0.05, 0) is 93.6 Å². The minimum atomic E-state index is 0.669. The molecule has 2 aliphatic heterocycles. The summed E-state index contributed by atoms with van der Waals surface area (Å²) in [5.41, 5.74) is 4.89. The number of thioether (sulfide) groups is 1. The van der Waals surface area contributed by atoms with Gasteiger partial charge < -0.3 is 15.4 Å². The zero-order chi connectivity index (χ0) is 26.2. The van der Waals surface area contributed by atoms with Crippen LogP contribution in [0.15, 0.2) is 64.7 Å². The molecule has 1 fully saturated rings. The van der Waals surface area contributed by atoms with Crippen molar-refractivity contribution in [3.8, 4) is 11.5 Å². The van der Waals surface area contributed by atoms with Crippen LogP contribution in [0.2, 0.25) is 0 Å². The topological polar surface area (TPSA) is 74.9 Å². The molecule has 4 heterocycles. The normalized spacial score (nSPS) is 17.9. The lowest BCUT2D eigenvalue weighted by Gasteiger charge is -2.17. The molecule has 0 saturated carbocycles. The predicted octanol–water partition coefficient (Wildman–Crippen LogP) is 7.54. The first-order chi connectivity index (χ1) is 17.9. The third-order valence-corrected chi connectivity index (χ3v) is 7.81. The van der Waals surface area contributed by atoms with Gasteiger partial charge >= 0.3 is 0 Å². The fourth-order valence-electron chi connectivity index (χ4n) is 4.46. The number of ether oxygens (including phenoxy) is 1. The second-order valence-corrected chi connectivity index (χ2v) is 11.1. The van der Waals surface area contributed by atoms with E-state index in [0.717, 1.165) is 59.0 Å². The maximum absolute atomic E-state index is 6.24. The van der Waals surface area contributed by atoms with Gasteiger partial charge in [0, 0.05) is 23.2 Å². The Morgan fingerprint density at radius 1 is 1.27 bits per heavy atom. The highest BCUT2D eigenvalue weighted by molar-refractivity contribution is 8.06. The minimum absolute atomic E-state index is 0.669. The van der Waals surface area contributed by atoms with Gasteiger partial charge in [0.2, 0.25) is 0 Å². The number of aromatic nitrogens is 3. The number of hydrogen-bond acceptors (Lipinski definition) is 6. The quantitative estimate of drug-likeness (QED) is 0.314. The van der Waals surface area contributed by atoms with Crippen molar-refractivity contribution in [2.24, 2.45) is 5.92 Å². The zero-order valence-corrected chi connectivity index (χ0v) is 23.3. The number of nitrogens with one attached hydrogen (secondary N) is 3. The Kier molecular flexibility index (Phi) is 9.47. The van der Waals surface area contributed by atoms with Crippen molar-refractivity contribution in [1.82, 2.24) is 25.8 Å². The average molecular weight is 518 g/mol. The van der Waals surface area contributed by atoms with E-state index in [0.29, 0.717) is 5.65 Å². The van der Waals surface area contributed by atoms with Crippen molar-refractivity contribution in [2.75, 3.05) is 13.1 Å². The van der Waals surface area contributed by atoms with Crippen molar-refractivity contribution < 1.29 is 4.74 Å². The summed E-state index contributed by atoms with van der Waals surface area (Å²) in [6.07, 6.45) is 9.78. The molecule has 2 aliphatic rings. The lowest BCUT2D eigenvalue weighted by molar-refractivity contribution is 0.405. The Balaban J connectivity index is 0.000000396. The summed E-state index contributed by atoms with van der Waals surface area (Å²) in [6, 6.07) is 9.86. The maximum Gasteiger partial charge on any atom is 0.184 e. The van der Waals surface area contributed by atoms with Crippen molar-refractivity contribution in [3.05, 3.63) is 75.9 Å². The van der Waals surface area contributed by atoms with Gasteiger partial charge in [-0.2, -0.15) is 5.10 Å². The zero-order valence-electron chi connectivity index (χ0n) is 22.5. The first-order valence-electron chi connectivity index (χ1n) is 13.3. The monoisotopic (exact) mass is 517 g/mol.